The van der Waals surface area contributed by atoms with Crippen molar-refractivity contribution in [3.63, 3.8) is 0 Å². The maximum atomic E-state index is 12.2. The summed E-state index contributed by atoms with van der Waals surface area (Å²) in [5.41, 5.74) is 2.82. The lowest BCUT2D eigenvalue weighted by atomic mass is 10.1. The normalized spacial score (nSPS) is 12.4. The van der Waals surface area contributed by atoms with E-state index in [2.05, 4.69) is 46.5 Å². The Balaban J connectivity index is 1.54. The highest BCUT2D eigenvalue weighted by molar-refractivity contribution is 7.20. The molecule has 1 aromatic carbocycles. The first-order valence-electron chi connectivity index (χ1n) is 8.90. The molecule has 3 aromatic heterocycles. The zero-order chi connectivity index (χ0) is 18.8. The lowest BCUT2D eigenvalue weighted by Crippen LogP contribution is -2.15. The predicted octanol–water partition coefficient (Wildman–Crippen LogP) is 3.46. The van der Waals surface area contributed by atoms with E-state index >= 15 is 0 Å². The lowest BCUT2D eigenvalue weighted by Gasteiger charge is -2.13. The van der Waals surface area contributed by atoms with Gasteiger partial charge in [-0.25, -0.2) is 9.67 Å². The van der Waals surface area contributed by atoms with Crippen LogP contribution >= 0.6 is 11.3 Å². The third kappa shape index (κ3) is 3.61. The number of aromatic nitrogens is 5. The molecular formula is C19H20N6OS. The molecule has 0 saturated heterocycles. The molecule has 0 saturated carbocycles. The van der Waals surface area contributed by atoms with Gasteiger partial charge in [-0.05, 0) is 37.1 Å². The summed E-state index contributed by atoms with van der Waals surface area (Å²) in [6, 6.07) is 11.7. The Morgan fingerprint density at radius 1 is 1.26 bits per heavy atom. The number of anilines is 1. The fourth-order valence-electron chi connectivity index (χ4n) is 2.90. The van der Waals surface area contributed by atoms with E-state index in [0.29, 0.717) is 10.1 Å². The minimum Gasteiger partial charge on any atom is -0.354 e. The van der Waals surface area contributed by atoms with Crippen molar-refractivity contribution in [3.05, 3.63) is 70.4 Å². The van der Waals surface area contributed by atoms with Gasteiger partial charge in [0.15, 0.2) is 0 Å². The average Bonchev–Trinajstić information content (AvgIpc) is 3.32. The van der Waals surface area contributed by atoms with Gasteiger partial charge in [-0.2, -0.15) is 9.61 Å². The second-order valence-electron chi connectivity index (χ2n) is 6.35. The van der Waals surface area contributed by atoms with Crippen LogP contribution in [0.5, 0.6) is 0 Å². The van der Waals surface area contributed by atoms with Crippen LogP contribution in [0, 0.1) is 0 Å². The third-order valence-electron chi connectivity index (χ3n) is 4.31. The van der Waals surface area contributed by atoms with Gasteiger partial charge < -0.3 is 5.32 Å². The van der Waals surface area contributed by atoms with E-state index in [1.54, 1.807) is 12.3 Å². The van der Waals surface area contributed by atoms with Crippen LogP contribution in [0.1, 0.15) is 37.6 Å². The monoisotopic (exact) mass is 380 g/mol. The lowest BCUT2D eigenvalue weighted by molar-refractivity contribution is 0.825. The standard InChI is InChI=1S/C19H20N6OS/c1-3-5-15-12-17(26)25-19(22-15)27-18(23-25)21-13(2)14-6-8-16(9-7-14)24-11-4-10-20-24/h4,6-13H,3,5H2,1-2H3,(H,21,23). The summed E-state index contributed by atoms with van der Waals surface area (Å²) in [5.74, 6) is 0. The molecule has 27 heavy (non-hydrogen) atoms. The molecule has 138 valence electrons. The Hall–Kier alpha value is -3.00. The highest BCUT2D eigenvalue weighted by atomic mass is 32.1. The molecule has 1 unspecified atom stereocenters. The van der Waals surface area contributed by atoms with E-state index in [1.807, 2.05) is 29.1 Å². The van der Waals surface area contributed by atoms with Crippen LogP contribution in [0.4, 0.5) is 5.13 Å². The Morgan fingerprint density at radius 3 is 2.78 bits per heavy atom. The summed E-state index contributed by atoms with van der Waals surface area (Å²) in [4.78, 5) is 17.4. The van der Waals surface area contributed by atoms with E-state index in [9.17, 15) is 4.79 Å². The van der Waals surface area contributed by atoms with E-state index in [4.69, 9.17) is 0 Å². The molecular weight excluding hydrogens is 360 g/mol. The molecule has 8 heteroatoms. The third-order valence-corrected chi connectivity index (χ3v) is 5.15. The van der Waals surface area contributed by atoms with Gasteiger partial charge >= 0.3 is 0 Å². The number of aryl methyl sites for hydroxylation is 1. The Morgan fingerprint density at radius 2 is 2.07 bits per heavy atom. The van der Waals surface area contributed by atoms with Crippen LogP contribution in [0.15, 0.2) is 53.6 Å². The molecule has 3 heterocycles. The molecule has 1 atom stereocenters. The number of nitrogens with one attached hydrogen (secondary N) is 1. The first-order chi connectivity index (χ1) is 13.1. The highest BCUT2D eigenvalue weighted by Crippen LogP contribution is 2.24. The Labute approximate surface area is 160 Å². The van der Waals surface area contributed by atoms with E-state index in [1.165, 1.54) is 15.9 Å². The van der Waals surface area contributed by atoms with Crippen molar-refractivity contribution in [2.24, 2.45) is 0 Å². The Kier molecular flexibility index (Phi) is 4.72. The van der Waals surface area contributed by atoms with Gasteiger partial charge in [-0.15, -0.1) is 5.10 Å². The minimum atomic E-state index is -0.135. The second kappa shape index (κ2) is 7.32. The van der Waals surface area contributed by atoms with Gasteiger partial charge in [-0.1, -0.05) is 36.8 Å². The van der Waals surface area contributed by atoms with Gasteiger partial charge in [0.2, 0.25) is 10.1 Å². The molecule has 0 amide bonds. The summed E-state index contributed by atoms with van der Waals surface area (Å²) in [5, 5.41) is 12.7. The highest BCUT2D eigenvalue weighted by Gasteiger charge is 2.12. The molecule has 0 aliphatic rings. The second-order valence-corrected chi connectivity index (χ2v) is 7.30. The SMILES string of the molecule is CCCc1cc(=O)n2nc(NC(C)c3ccc(-n4cccn4)cc3)sc2n1. The number of fused-ring (bicyclic) bond motifs is 1. The fourth-order valence-corrected chi connectivity index (χ4v) is 3.82. The fraction of sp³-hybridized carbons (Fsp3) is 0.263. The van der Waals surface area contributed by atoms with Crippen LogP contribution < -0.4 is 10.9 Å². The van der Waals surface area contributed by atoms with Gasteiger partial charge in [0.1, 0.15) is 0 Å². The van der Waals surface area contributed by atoms with E-state index in [0.717, 1.165) is 29.8 Å². The smallest absolute Gasteiger partial charge is 0.275 e. The van der Waals surface area contributed by atoms with Crippen molar-refractivity contribution < 1.29 is 0 Å². The predicted molar refractivity (Wildman–Crippen MR) is 107 cm³/mol. The molecule has 0 fully saturated rings. The summed E-state index contributed by atoms with van der Waals surface area (Å²) in [6.45, 7) is 4.14. The van der Waals surface area contributed by atoms with E-state index < -0.39 is 0 Å². The molecule has 4 aromatic rings. The van der Waals surface area contributed by atoms with Crippen LogP contribution in [0.3, 0.4) is 0 Å². The van der Waals surface area contributed by atoms with Gasteiger partial charge in [0.25, 0.3) is 5.56 Å². The molecule has 4 rings (SSSR count). The molecule has 0 radical (unpaired) electrons. The summed E-state index contributed by atoms with van der Waals surface area (Å²) < 4.78 is 3.18. The number of rotatable bonds is 6. The number of benzene rings is 1. The van der Waals surface area contributed by atoms with E-state index in [-0.39, 0.29) is 11.6 Å². The quantitative estimate of drug-likeness (QED) is 0.554. The van der Waals surface area contributed by atoms with Crippen molar-refractivity contribution in [3.8, 4) is 5.69 Å². The molecule has 0 spiro atoms. The molecule has 0 aliphatic heterocycles. The van der Waals surface area contributed by atoms with Crippen molar-refractivity contribution in [2.45, 2.75) is 32.7 Å². The van der Waals surface area contributed by atoms with Crippen LogP contribution in [0.25, 0.3) is 10.6 Å². The summed E-state index contributed by atoms with van der Waals surface area (Å²) in [7, 11) is 0. The maximum Gasteiger partial charge on any atom is 0.275 e. The molecule has 7 nitrogen and oxygen atoms in total. The summed E-state index contributed by atoms with van der Waals surface area (Å²) >= 11 is 1.39. The number of hydrogen-bond donors (Lipinski definition) is 1. The van der Waals surface area contributed by atoms with Gasteiger partial charge in [0.05, 0.1) is 11.7 Å². The van der Waals surface area contributed by atoms with Crippen molar-refractivity contribution in [2.75, 3.05) is 5.32 Å². The number of nitrogens with zero attached hydrogens (tertiary/aromatic N) is 5. The first-order valence-corrected chi connectivity index (χ1v) is 9.72. The molecule has 1 N–H and O–H groups in total. The summed E-state index contributed by atoms with van der Waals surface area (Å²) in [6.07, 6.45) is 5.42. The zero-order valence-electron chi connectivity index (χ0n) is 15.2. The molecule has 0 bridgehead atoms. The van der Waals surface area contributed by atoms with Crippen LogP contribution in [-0.2, 0) is 6.42 Å². The Bertz CT molecular complexity index is 1100. The minimum absolute atomic E-state index is 0.0445. The molecule has 0 aliphatic carbocycles. The van der Waals surface area contributed by atoms with Crippen molar-refractivity contribution in [1.29, 1.82) is 0 Å². The van der Waals surface area contributed by atoms with Gasteiger partial charge in [0, 0.05) is 24.2 Å². The zero-order valence-corrected chi connectivity index (χ0v) is 16.0. The topological polar surface area (TPSA) is 77.1 Å². The first kappa shape index (κ1) is 17.4. The van der Waals surface area contributed by atoms with Crippen LogP contribution in [-0.4, -0.2) is 24.4 Å². The van der Waals surface area contributed by atoms with Gasteiger partial charge in [-0.3, -0.25) is 4.79 Å². The largest absolute Gasteiger partial charge is 0.354 e. The van der Waals surface area contributed by atoms with Crippen molar-refractivity contribution in [1.82, 2.24) is 24.4 Å². The maximum absolute atomic E-state index is 12.2. The van der Waals surface area contributed by atoms with Crippen LogP contribution in [0.2, 0.25) is 0 Å². The van der Waals surface area contributed by atoms with Crippen molar-refractivity contribution >= 4 is 21.4 Å². The number of hydrogen-bond acceptors (Lipinski definition) is 6. The average molecular weight is 380 g/mol.